The van der Waals surface area contributed by atoms with Crippen LogP contribution in [0.25, 0.3) is 0 Å². The topological polar surface area (TPSA) is 92.9 Å². The Kier molecular flexibility index (Phi) is 5.20. The van der Waals surface area contributed by atoms with Crippen LogP contribution in [0.4, 0.5) is 11.5 Å². The maximum absolute atomic E-state index is 11.8. The largest absolute Gasteiger partial charge is 0.383 e. The number of aromatic nitrogens is 2. The van der Waals surface area contributed by atoms with Crippen LogP contribution in [0.2, 0.25) is 0 Å². The third-order valence-corrected chi connectivity index (χ3v) is 2.81. The number of hydrogen-bond acceptors (Lipinski definition) is 4. The molecule has 0 saturated carbocycles. The molecule has 6 heteroatoms. The van der Waals surface area contributed by atoms with Crippen molar-refractivity contribution in [3.63, 3.8) is 0 Å². The summed E-state index contributed by atoms with van der Waals surface area (Å²) in [6.07, 6.45) is 0.933. The van der Waals surface area contributed by atoms with E-state index in [0.29, 0.717) is 24.7 Å². The third-order valence-electron chi connectivity index (χ3n) is 2.81. The number of aromatic amines is 1. The van der Waals surface area contributed by atoms with Crippen LogP contribution in [-0.4, -0.2) is 16.1 Å². The van der Waals surface area contributed by atoms with Gasteiger partial charge in [-0.3, -0.25) is 14.3 Å². The molecule has 108 valence electrons. The average molecular weight is 268 g/mol. The van der Waals surface area contributed by atoms with E-state index in [9.17, 15) is 9.59 Å². The molecule has 0 aliphatic heterocycles. The van der Waals surface area contributed by atoms with Gasteiger partial charge in [0.05, 0.1) is 0 Å². The minimum absolute atomic E-state index is 0.214. The number of nitrogen functional groups attached to an aromatic ring is 1. The summed E-state index contributed by atoms with van der Waals surface area (Å²) >= 11 is 0. The average Bonchev–Trinajstić information content (AvgIpc) is 2.28. The summed E-state index contributed by atoms with van der Waals surface area (Å²) in [4.78, 5) is 25.8. The van der Waals surface area contributed by atoms with Crippen molar-refractivity contribution in [1.82, 2.24) is 9.55 Å². The Balaban J connectivity index is 3.04. The maximum Gasteiger partial charge on any atom is 0.330 e. The van der Waals surface area contributed by atoms with Gasteiger partial charge in [-0.2, -0.15) is 0 Å². The number of hydrogen-bond donors (Lipinski definition) is 3. The molecule has 4 N–H and O–H groups in total. The maximum atomic E-state index is 11.8. The van der Waals surface area contributed by atoms with Crippen LogP contribution in [0.5, 0.6) is 0 Å². The van der Waals surface area contributed by atoms with Gasteiger partial charge in [-0.1, -0.05) is 27.7 Å². The fraction of sp³-hybridized carbons (Fsp3) is 0.692. The number of anilines is 2. The Labute approximate surface area is 113 Å². The summed E-state index contributed by atoms with van der Waals surface area (Å²) in [5.74, 6) is 1.02. The van der Waals surface area contributed by atoms with E-state index in [1.54, 1.807) is 0 Å². The second kappa shape index (κ2) is 6.45. The molecule has 0 aromatic carbocycles. The van der Waals surface area contributed by atoms with Gasteiger partial charge in [0.15, 0.2) is 0 Å². The molecule has 0 saturated heterocycles. The molecule has 1 heterocycles. The van der Waals surface area contributed by atoms with Crippen molar-refractivity contribution in [3.8, 4) is 0 Å². The number of H-pyrrole nitrogens is 1. The fourth-order valence-electron chi connectivity index (χ4n) is 1.79. The minimum atomic E-state index is -0.453. The van der Waals surface area contributed by atoms with Crippen LogP contribution >= 0.6 is 0 Å². The number of nitrogens with zero attached hydrogens (tertiary/aromatic N) is 1. The van der Waals surface area contributed by atoms with E-state index in [-0.39, 0.29) is 11.7 Å². The lowest BCUT2D eigenvalue weighted by Gasteiger charge is -2.15. The van der Waals surface area contributed by atoms with Crippen LogP contribution < -0.4 is 22.3 Å². The Morgan fingerprint density at radius 2 is 1.84 bits per heavy atom. The molecule has 0 bridgehead atoms. The second-order valence-corrected chi connectivity index (χ2v) is 5.63. The lowest BCUT2D eigenvalue weighted by Crippen LogP contribution is -2.35. The summed E-state index contributed by atoms with van der Waals surface area (Å²) in [6, 6.07) is 0. The van der Waals surface area contributed by atoms with Crippen LogP contribution in [0.3, 0.4) is 0 Å². The van der Waals surface area contributed by atoms with Crippen molar-refractivity contribution in [3.05, 3.63) is 20.8 Å². The molecule has 6 nitrogen and oxygen atoms in total. The van der Waals surface area contributed by atoms with E-state index < -0.39 is 11.2 Å². The molecular weight excluding hydrogens is 244 g/mol. The van der Waals surface area contributed by atoms with E-state index in [1.807, 2.05) is 13.8 Å². The first-order valence-corrected chi connectivity index (χ1v) is 6.69. The zero-order chi connectivity index (χ0) is 14.6. The van der Waals surface area contributed by atoms with Gasteiger partial charge in [0.1, 0.15) is 11.5 Å². The predicted molar refractivity (Wildman–Crippen MR) is 78.5 cm³/mol. The van der Waals surface area contributed by atoms with Gasteiger partial charge in [-0.25, -0.2) is 4.79 Å². The zero-order valence-electron chi connectivity index (χ0n) is 12.1. The summed E-state index contributed by atoms with van der Waals surface area (Å²) in [5, 5.41) is 3.02. The highest BCUT2D eigenvalue weighted by Crippen LogP contribution is 2.12. The highest BCUT2D eigenvalue weighted by atomic mass is 16.2. The van der Waals surface area contributed by atoms with Crippen LogP contribution in [-0.2, 0) is 6.54 Å². The molecule has 19 heavy (non-hydrogen) atoms. The van der Waals surface area contributed by atoms with E-state index in [4.69, 9.17) is 5.73 Å². The highest BCUT2D eigenvalue weighted by Gasteiger charge is 2.12. The summed E-state index contributed by atoms with van der Waals surface area (Å²) in [5.41, 5.74) is 5.32. The minimum Gasteiger partial charge on any atom is -0.383 e. The molecule has 0 radical (unpaired) electrons. The monoisotopic (exact) mass is 268 g/mol. The molecule has 0 aliphatic rings. The molecule has 1 rings (SSSR count). The molecule has 0 fully saturated rings. The normalized spacial score (nSPS) is 11.3. The van der Waals surface area contributed by atoms with Gasteiger partial charge in [0.25, 0.3) is 5.56 Å². The SMILES string of the molecule is CC(C)CCNc1c(N)n(CC(C)C)c(=O)[nH]c1=O. The number of rotatable bonds is 6. The number of nitrogens with two attached hydrogens (primary N) is 1. The molecule has 0 spiro atoms. The molecule has 0 atom stereocenters. The zero-order valence-corrected chi connectivity index (χ0v) is 12.1. The van der Waals surface area contributed by atoms with Gasteiger partial charge in [0, 0.05) is 13.1 Å². The van der Waals surface area contributed by atoms with E-state index in [2.05, 4.69) is 24.1 Å². The first kappa shape index (κ1) is 15.3. The summed E-state index contributed by atoms with van der Waals surface area (Å²) < 4.78 is 1.41. The molecule has 1 aromatic rings. The Hall–Kier alpha value is -1.72. The van der Waals surface area contributed by atoms with Gasteiger partial charge in [-0.05, 0) is 18.3 Å². The van der Waals surface area contributed by atoms with Crippen molar-refractivity contribution in [1.29, 1.82) is 0 Å². The van der Waals surface area contributed by atoms with Gasteiger partial charge >= 0.3 is 5.69 Å². The summed E-state index contributed by atoms with van der Waals surface area (Å²) in [7, 11) is 0. The third kappa shape index (κ3) is 4.15. The molecule has 0 amide bonds. The molecule has 0 aliphatic carbocycles. The fourth-order valence-corrected chi connectivity index (χ4v) is 1.79. The van der Waals surface area contributed by atoms with Crippen molar-refractivity contribution < 1.29 is 0 Å². The Morgan fingerprint density at radius 1 is 1.21 bits per heavy atom. The smallest absolute Gasteiger partial charge is 0.330 e. The van der Waals surface area contributed by atoms with E-state index >= 15 is 0 Å². The summed E-state index contributed by atoms with van der Waals surface area (Å²) in [6.45, 7) is 9.33. The molecule has 0 unspecified atom stereocenters. The van der Waals surface area contributed by atoms with Gasteiger partial charge in [-0.15, -0.1) is 0 Å². The van der Waals surface area contributed by atoms with Crippen molar-refractivity contribution in [2.24, 2.45) is 11.8 Å². The first-order chi connectivity index (χ1) is 8.82. The van der Waals surface area contributed by atoms with E-state index in [0.717, 1.165) is 6.42 Å². The van der Waals surface area contributed by atoms with Gasteiger partial charge < -0.3 is 11.1 Å². The molecular formula is C13H24N4O2. The Bertz CT molecular complexity index is 528. The lowest BCUT2D eigenvalue weighted by atomic mass is 10.1. The van der Waals surface area contributed by atoms with Crippen LogP contribution in [0.1, 0.15) is 34.1 Å². The first-order valence-electron chi connectivity index (χ1n) is 6.69. The van der Waals surface area contributed by atoms with Crippen molar-refractivity contribution in [2.45, 2.75) is 40.7 Å². The standard InChI is InChI=1S/C13H24N4O2/c1-8(2)5-6-15-10-11(14)17(7-9(3)4)13(19)16-12(10)18/h8-9,15H,5-7,14H2,1-4H3,(H,16,18,19). The van der Waals surface area contributed by atoms with E-state index in [1.165, 1.54) is 4.57 Å². The van der Waals surface area contributed by atoms with Crippen LogP contribution in [0.15, 0.2) is 9.59 Å². The second-order valence-electron chi connectivity index (χ2n) is 5.63. The van der Waals surface area contributed by atoms with Crippen LogP contribution in [0, 0.1) is 11.8 Å². The van der Waals surface area contributed by atoms with Gasteiger partial charge in [0.2, 0.25) is 0 Å². The highest BCUT2D eigenvalue weighted by molar-refractivity contribution is 5.60. The lowest BCUT2D eigenvalue weighted by molar-refractivity contribution is 0.508. The number of nitrogens with one attached hydrogen (secondary N) is 2. The van der Waals surface area contributed by atoms with Crippen molar-refractivity contribution >= 4 is 11.5 Å². The quantitative estimate of drug-likeness (QED) is 0.723. The molecule has 1 aromatic heterocycles. The van der Waals surface area contributed by atoms with Crippen molar-refractivity contribution in [2.75, 3.05) is 17.6 Å². The predicted octanol–water partition coefficient (Wildman–Crippen LogP) is 1.23. The Morgan fingerprint density at radius 3 is 2.37 bits per heavy atom.